The van der Waals surface area contributed by atoms with Crippen LogP contribution in [-0.2, 0) is 11.2 Å². The lowest BCUT2D eigenvalue weighted by molar-refractivity contribution is -0.116. The molecule has 0 aliphatic heterocycles. The van der Waals surface area contributed by atoms with Crippen LogP contribution in [-0.4, -0.2) is 28.1 Å². The van der Waals surface area contributed by atoms with Crippen LogP contribution in [0.15, 0.2) is 46.9 Å². The summed E-state index contributed by atoms with van der Waals surface area (Å²) in [6.07, 6.45) is 5.92. The molecule has 1 aliphatic carbocycles. The molecule has 2 N–H and O–H groups in total. The van der Waals surface area contributed by atoms with Crippen LogP contribution in [0, 0.1) is 6.92 Å². The molecule has 8 heteroatoms. The van der Waals surface area contributed by atoms with E-state index in [1.165, 1.54) is 6.42 Å². The van der Waals surface area contributed by atoms with Gasteiger partial charge in [0, 0.05) is 30.1 Å². The van der Waals surface area contributed by atoms with Crippen molar-refractivity contribution in [3.63, 3.8) is 0 Å². The van der Waals surface area contributed by atoms with Crippen molar-refractivity contribution in [2.75, 3.05) is 5.32 Å². The van der Waals surface area contributed by atoms with Crippen LogP contribution in [0.5, 0.6) is 0 Å². The van der Waals surface area contributed by atoms with E-state index in [2.05, 4.69) is 20.8 Å². The predicted molar refractivity (Wildman–Crippen MR) is 127 cm³/mol. The maximum atomic E-state index is 12.7. The summed E-state index contributed by atoms with van der Waals surface area (Å²) in [5, 5.41) is 14.3. The predicted octanol–water partition coefficient (Wildman–Crippen LogP) is 5.33. The van der Waals surface area contributed by atoms with Crippen molar-refractivity contribution < 1.29 is 14.0 Å². The molecular weight excluding hydrogens is 440 g/mol. The van der Waals surface area contributed by atoms with Crippen molar-refractivity contribution in [3.05, 3.63) is 64.5 Å². The average molecular weight is 467 g/mol. The lowest BCUT2D eigenvalue weighted by atomic mass is 9.95. The van der Waals surface area contributed by atoms with Crippen molar-refractivity contribution in [1.29, 1.82) is 0 Å². The van der Waals surface area contributed by atoms with Gasteiger partial charge < -0.3 is 15.1 Å². The summed E-state index contributed by atoms with van der Waals surface area (Å²) < 4.78 is 5.68. The van der Waals surface area contributed by atoms with Crippen molar-refractivity contribution in [1.82, 2.24) is 15.5 Å². The van der Waals surface area contributed by atoms with E-state index in [9.17, 15) is 9.59 Å². The molecule has 0 atom stereocenters. The van der Waals surface area contributed by atoms with E-state index >= 15 is 0 Å². The smallest absolute Gasteiger partial charge is 0.253 e. The summed E-state index contributed by atoms with van der Waals surface area (Å²) in [6, 6.07) is 12.9. The SMILES string of the molecule is Cc1ccc(-c2nnc(CCC(=O)Nc3ccc(Cl)c(C(=O)NC4CCCCC4)c3)o2)cc1. The van der Waals surface area contributed by atoms with Crippen LogP contribution in [0.4, 0.5) is 5.69 Å². The minimum atomic E-state index is -0.217. The number of hydrogen-bond donors (Lipinski definition) is 2. The first-order chi connectivity index (χ1) is 16.0. The summed E-state index contributed by atoms with van der Waals surface area (Å²) in [5.74, 6) is 0.393. The Morgan fingerprint density at radius 3 is 2.58 bits per heavy atom. The monoisotopic (exact) mass is 466 g/mol. The van der Waals surface area contributed by atoms with Crippen LogP contribution in [0.3, 0.4) is 0 Å². The quantitative estimate of drug-likeness (QED) is 0.490. The lowest BCUT2D eigenvalue weighted by Crippen LogP contribution is -2.36. The second kappa shape index (κ2) is 10.6. The number of carbonyl (C=O) groups is 2. The number of anilines is 1. The fourth-order valence-corrected chi connectivity index (χ4v) is 4.10. The van der Waals surface area contributed by atoms with Crippen molar-refractivity contribution in [2.45, 2.75) is 57.9 Å². The molecule has 172 valence electrons. The van der Waals surface area contributed by atoms with Crippen LogP contribution in [0.1, 0.15) is 60.3 Å². The third-order valence-electron chi connectivity index (χ3n) is 5.77. The van der Waals surface area contributed by atoms with Gasteiger partial charge in [0.05, 0.1) is 10.6 Å². The highest BCUT2D eigenvalue weighted by atomic mass is 35.5. The number of aromatic nitrogens is 2. The first-order valence-corrected chi connectivity index (χ1v) is 11.7. The molecular formula is C25H27ClN4O3. The van der Waals surface area contributed by atoms with Gasteiger partial charge in [-0.05, 0) is 50.1 Å². The van der Waals surface area contributed by atoms with Gasteiger partial charge in [0.25, 0.3) is 5.91 Å². The van der Waals surface area contributed by atoms with Crippen LogP contribution in [0.2, 0.25) is 5.02 Å². The first-order valence-electron chi connectivity index (χ1n) is 11.3. The molecule has 4 rings (SSSR count). The maximum absolute atomic E-state index is 12.7. The van der Waals surface area contributed by atoms with Crippen LogP contribution >= 0.6 is 11.6 Å². The second-order valence-corrected chi connectivity index (χ2v) is 8.83. The molecule has 0 spiro atoms. The highest BCUT2D eigenvalue weighted by molar-refractivity contribution is 6.34. The van der Waals surface area contributed by atoms with Crippen LogP contribution < -0.4 is 10.6 Å². The molecule has 1 aliphatic rings. The summed E-state index contributed by atoms with van der Waals surface area (Å²) in [5.41, 5.74) is 2.86. The first kappa shape index (κ1) is 23.0. The minimum absolute atomic E-state index is 0.168. The standard InChI is InChI=1S/C25H27ClN4O3/c1-16-7-9-17(10-8-16)25-30-29-23(33-25)14-13-22(31)27-19-11-12-21(26)20(15-19)24(32)28-18-5-3-2-4-6-18/h7-12,15,18H,2-6,13-14H2,1H3,(H,27,31)(H,28,32). The van der Waals surface area contributed by atoms with Gasteiger partial charge in [-0.1, -0.05) is 48.6 Å². The zero-order valence-electron chi connectivity index (χ0n) is 18.6. The molecule has 1 fully saturated rings. The topological polar surface area (TPSA) is 97.1 Å². The van der Waals surface area contributed by atoms with Gasteiger partial charge in [0.2, 0.25) is 17.7 Å². The molecule has 1 heterocycles. The highest BCUT2D eigenvalue weighted by Gasteiger charge is 2.19. The van der Waals surface area contributed by atoms with Gasteiger partial charge in [-0.3, -0.25) is 9.59 Å². The Labute approximate surface area is 197 Å². The molecule has 0 unspecified atom stereocenters. The molecule has 0 saturated heterocycles. The Kier molecular flexibility index (Phi) is 7.40. The Balaban J connectivity index is 1.32. The molecule has 1 aromatic heterocycles. The Hall–Kier alpha value is -3.19. The van der Waals surface area contributed by atoms with E-state index in [0.29, 0.717) is 34.5 Å². The van der Waals surface area contributed by atoms with E-state index in [4.69, 9.17) is 16.0 Å². The number of benzene rings is 2. The second-order valence-electron chi connectivity index (χ2n) is 8.42. The molecule has 7 nitrogen and oxygen atoms in total. The van der Waals surface area contributed by atoms with Crippen molar-refractivity contribution >= 4 is 29.1 Å². The Bertz CT molecular complexity index is 1120. The number of carbonyl (C=O) groups excluding carboxylic acids is 2. The summed E-state index contributed by atoms with van der Waals surface area (Å²) in [4.78, 5) is 25.1. The largest absolute Gasteiger partial charge is 0.421 e. The Morgan fingerprint density at radius 2 is 1.82 bits per heavy atom. The molecule has 3 aromatic rings. The zero-order chi connectivity index (χ0) is 23.2. The number of amides is 2. The van der Waals surface area contributed by atoms with E-state index in [1.54, 1.807) is 18.2 Å². The average Bonchev–Trinajstić information content (AvgIpc) is 3.29. The number of rotatable bonds is 7. The van der Waals surface area contributed by atoms with E-state index in [-0.39, 0.29) is 24.3 Å². The van der Waals surface area contributed by atoms with Crippen LogP contribution in [0.25, 0.3) is 11.5 Å². The Morgan fingerprint density at radius 1 is 1.06 bits per heavy atom. The maximum Gasteiger partial charge on any atom is 0.253 e. The minimum Gasteiger partial charge on any atom is -0.421 e. The normalized spacial score (nSPS) is 14.1. The molecule has 33 heavy (non-hydrogen) atoms. The number of aryl methyl sites for hydroxylation is 2. The highest BCUT2D eigenvalue weighted by Crippen LogP contribution is 2.23. The van der Waals surface area contributed by atoms with Gasteiger partial charge in [0.15, 0.2) is 0 Å². The number of halogens is 1. The zero-order valence-corrected chi connectivity index (χ0v) is 19.3. The number of nitrogens with one attached hydrogen (secondary N) is 2. The number of hydrogen-bond acceptors (Lipinski definition) is 5. The van der Waals surface area contributed by atoms with Crippen molar-refractivity contribution in [2.24, 2.45) is 0 Å². The third-order valence-corrected chi connectivity index (χ3v) is 6.10. The summed E-state index contributed by atoms with van der Waals surface area (Å²) in [7, 11) is 0. The molecule has 1 saturated carbocycles. The van der Waals surface area contributed by atoms with Gasteiger partial charge in [-0.2, -0.15) is 0 Å². The fourth-order valence-electron chi connectivity index (χ4n) is 3.90. The summed E-state index contributed by atoms with van der Waals surface area (Å²) in [6.45, 7) is 2.01. The lowest BCUT2D eigenvalue weighted by Gasteiger charge is -2.23. The van der Waals surface area contributed by atoms with Gasteiger partial charge >= 0.3 is 0 Å². The van der Waals surface area contributed by atoms with E-state index < -0.39 is 0 Å². The molecule has 2 amide bonds. The van der Waals surface area contributed by atoms with E-state index in [0.717, 1.165) is 36.8 Å². The van der Waals surface area contributed by atoms with E-state index in [1.807, 2.05) is 31.2 Å². The van der Waals surface area contributed by atoms with Gasteiger partial charge in [0.1, 0.15) is 0 Å². The molecule has 0 radical (unpaired) electrons. The fraction of sp³-hybridized carbons (Fsp3) is 0.360. The number of nitrogens with zero attached hydrogens (tertiary/aromatic N) is 2. The third kappa shape index (κ3) is 6.20. The van der Waals surface area contributed by atoms with Crippen molar-refractivity contribution in [3.8, 4) is 11.5 Å². The van der Waals surface area contributed by atoms with Gasteiger partial charge in [-0.15, -0.1) is 10.2 Å². The molecule has 0 bridgehead atoms. The van der Waals surface area contributed by atoms with Gasteiger partial charge in [-0.25, -0.2) is 0 Å². The summed E-state index contributed by atoms with van der Waals surface area (Å²) >= 11 is 6.25. The molecule has 2 aromatic carbocycles.